The van der Waals surface area contributed by atoms with Crippen LogP contribution in [0.2, 0.25) is 0 Å². The van der Waals surface area contributed by atoms with Crippen molar-refractivity contribution in [2.45, 2.75) is 38.6 Å². The van der Waals surface area contributed by atoms with E-state index in [-0.39, 0.29) is 24.2 Å². The van der Waals surface area contributed by atoms with Crippen LogP contribution in [-0.4, -0.2) is 17.1 Å². The third-order valence-corrected chi connectivity index (χ3v) is 3.01. The van der Waals surface area contributed by atoms with Crippen LogP contribution in [0.25, 0.3) is 0 Å². The number of carboxylic acid groups (broad SMARTS) is 1. The minimum Gasteiger partial charge on any atom is -0.481 e. The van der Waals surface area contributed by atoms with Crippen molar-refractivity contribution in [2.24, 2.45) is 5.73 Å². The molecule has 3 nitrogen and oxygen atoms in total. The minimum absolute atomic E-state index is 0.0719. The molecule has 0 spiro atoms. The number of benzene rings is 1. The van der Waals surface area contributed by atoms with Crippen LogP contribution < -0.4 is 5.73 Å². The van der Waals surface area contributed by atoms with Crippen molar-refractivity contribution in [3.63, 3.8) is 0 Å². The molecule has 0 aliphatic carbocycles. The molecule has 0 bridgehead atoms. The van der Waals surface area contributed by atoms with Crippen molar-refractivity contribution in [3.05, 3.63) is 35.1 Å². The quantitative estimate of drug-likeness (QED) is 0.829. The Morgan fingerprint density at radius 1 is 1.53 bits per heavy atom. The maximum atomic E-state index is 13.5. The topological polar surface area (TPSA) is 63.3 Å². The molecular weight excluding hydrogens is 221 g/mol. The van der Waals surface area contributed by atoms with Gasteiger partial charge in [0.15, 0.2) is 0 Å². The molecule has 0 fully saturated rings. The van der Waals surface area contributed by atoms with Crippen LogP contribution in [0.1, 0.15) is 36.8 Å². The van der Waals surface area contributed by atoms with E-state index in [1.54, 1.807) is 19.1 Å². The second-order valence-corrected chi connectivity index (χ2v) is 4.29. The van der Waals surface area contributed by atoms with Crippen LogP contribution in [0, 0.1) is 12.7 Å². The van der Waals surface area contributed by atoms with E-state index >= 15 is 0 Å². The van der Waals surface area contributed by atoms with Gasteiger partial charge in [-0.15, -0.1) is 0 Å². The lowest BCUT2D eigenvalue weighted by Crippen LogP contribution is -2.29. The highest BCUT2D eigenvalue weighted by Crippen LogP contribution is 2.25. The Hall–Kier alpha value is -1.42. The first-order valence-electron chi connectivity index (χ1n) is 5.69. The zero-order valence-corrected chi connectivity index (χ0v) is 10.1. The summed E-state index contributed by atoms with van der Waals surface area (Å²) in [5.74, 6) is -1.58. The molecule has 0 amide bonds. The zero-order valence-electron chi connectivity index (χ0n) is 10.1. The lowest BCUT2D eigenvalue weighted by molar-refractivity contribution is -0.137. The molecule has 0 aliphatic rings. The number of nitrogens with two attached hydrogens (primary N) is 1. The Labute approximate surface area is 100 Å². The SMILES string of the molecule is CCC(N)C(CC(=O)O)c1ccc(C)c(F)c1. The Morgan fingerprint density at radius 3 is 2.65 bits per heavy atom. The molecule has 0 radical (unpaired) electrons. The van der Waals surface area contributed by atoms with E-state index in [1.807, 2.05) is 6.92 Å². The van der Waals surface area contributed by atoms with Gasteiger partial charge in [-0.2, -0.15) is 0 Å². The van der Waals surface area contributed by atoms with Gasteiger partial charge in [0.05, 0.1) is 6.42 Å². The highest BCUT2D eigenvalue weighted by atomic mass is 19.1. The summed E-state index contributed by atoms with van der Waals surface area (Å²) < 4.78 is 13.5. The zero-order chi connectivity index (χ0) is 13.0. The van der Waals surface area contributed by atoms with Crippen molar-refractivity contribution in [1.29, 1.82) is 0 Å². The predicted molar refractivity (Wildman–Crippen MR) is 64.4 cm³/mol. The summed E-state index contributed by atoms with van der Waals surface area (Å²) in [6.45, 7) is 3.56. The second kappa shape index (κ2) is 5.77. The molecule has 0 aliphatic heterocycles. The van der Waals surface area contributed by atoms with Gasteiger partial charge in [0, 0.05) is 12.0 Å². The number of aryl methyl sites for hydroxylation is 1. The fourth-order valence-corrected chi connectivity index (χ4v) is 1.83. The molecule has 0 aromatic heterocycles. The molecule has 4 heteroatoms. The maximum Gasteiger partial charge on any atom is 0.304 e. The van der Waals surface area contributed by atoms with Crippen LogP contribution >= 0.6 is 0 Å². The molecule has 1 aromatic carbocycles. The molecule has 2 unspecified atom stereocenters. The van der Waals surface area contributed by atoms with Crippen LogP contribution in [0.3, 0.4) is 0 Å². The van der Waals surface area contributed by atoms with Gasteiger partial charge in [0.25, 0.3) is 0 Å². The number of carboxylic acids is 1. The Kier molecular flexibility index (Phi) is 4.63. The molecule has 1 rings (SSSR count). The van der Waals surface area contributed by atoms with Crippen molar-refractivity contribution in [1.82, 2.24) is 0 Å². The van der Waals surface area contributed by atoms with Gasteiger partial charge in [-0.25, -0.2) is 4.39 Å². The molecule has 3 N–H and O–H groups in total. The smallest absolute Gasteiger partial charge is 0.304 e. The van der Waals surface area contributed by atoms with Crippen LogP contribution in [0.5, 0.6) is 0 Å². The summed E-state index contributed by atoms with van der Waals surface area (Å²) in [6, 6.07) is 4.52. The van der Waals surface area contributed by atoms with Gasteiger partial charge in [-0.3, -0.25) is 4.79 Å². The molecule has 1 aromatic rings. The average molecular weight is 239 g/mol. The Bertz CT molecular complexity index is 406. The number of aliphatic carboxylic acids is 1. The van der Waals surface area contributed by atoms with E-state index in [1.165, 1.54) is 6.07 Å². The van der Waals surface area contributed by atoms with Crippen molar-refractivity contribution >= 4 is 5.97 Å². The molecular formula is C13H18FNO2. The van der Waals surface area contributed by atoms with Crippen LogP contribution in [-0.2, 0) is 4.79 Å². The minimum atomic E-state index is -0.917. The predicted octanol–water partition coefficient (Wildman–Crippen LogP) is 2.43. The van der Waals surface area contributed by atoms with Gasteiger partial charge in [0.1, 0.15) is 5.82 Å². The monoisotopic (exact) mass is 239 g/mol. The third-order valence-electron chi connectivity index (χ3n) is 3.01. The van der Waals surface area contributed by atoms with Gasteiger partial charge in [0.2, 0.25) is 0 Å². The lowest BCUT2D eigenvalue weighted by Gasteiger charge is -2.22. The molecule has 94 valence electrons. The number of halogens is 1. The highest BCUT2D eigenvalue weighted by molar-refractivity contribution is 5.68. The van der Waals surface area contributed by atoms with E-state index in [0.717, 1.165) is 0 Å². The second-order valence-electron chi connectivity index (χ2n) is 4.29. The van der Waals surface area contributed by atoms with E-state index in [2.05, 4.69) is 0 Å². The van der Waals surface area contributed by atoms with Gasteiger partial charge in [-0.05, 0) is 30.5 Å². The first kappa shape index (κ1) is 13.6. The first-order valence-corrected chi connectivity index (χ1v) is 5.69. The van der Waals surface area contributed by atoms with Crippen LogP contribution in [0.4, 0.5) is 4.39 Å². The van der Waals surface area contributed by atoms with E-state index in [0.29, 0.717) is 17.5 Å². The van der Waals surface area contributed by atoms with Gasteiger partial charge in [-0.1, -0.05) is 19.1 Å². The van der Waals surface area contributed by atoms with E-state index in [9.17, 15) is 9.18 Å². The van der Waals surface area contributed by atoms with Gasteiger partial charge < -0.3 is 10.8 Å². The lowest BCUT2D eigenvalue weighted by atomic mass is 9.87. The largest absolute Gasteiger partial charge is 0.481 e. The average Bonchev–Trinajstić information content (AvgIpc) is 2.28. The number of rotatable bonds is 5. The molecule has 0 saturated heterocycles. The van der Waals surface area contributed by atoms with E-state index in [4.69, 9.17) is 10.8 Å². The summed E-state index contributed by atoms with van der Waals surface area (Å²) in [5.41, 5.74) is 7.11. The normalized spacial score (nSPS) is 14.4. The summed E-state index contributed by atoms with van der Waals surface area (Å²) >= 11 is 0. The van der Waals surface area contributed by atoms with Crippen molar-refractivity contribution < 1.29 is 14.3 Å². The molecule has 0 saturated carbocycles. The summed E-state index contributed by atoms with van der Waals surface area (Å²) in [5, 5.41) is 8.86. The van der Waals surface area contributed by atoms with Crippen molar-refractivity contribution in [2.75, 3.05) is 0 Å². The fourth-order valence-electron chi connectivity index (χ4n) is 1.83. The summed E-state index contributed by atoms with van der Waals surface area (Å²) in [7, 11) is 0. The Morgan fingerprint density at radius 2 is 2.18 bits per heavy atom. The molecule has 2 atom stereocenters. The Balaban J connectivity index is 3.03. The molecule has 0 heterocycles. The van der Waals surface area contributed by atoms with E-state index < -0.39 is 5.97 Å². The summed E-state index contributed by atoms with van der Waals surface area (Å²) in [6.07, 6.45) is 0.588. The molecule has 17 heavy (non-hydrogen) atoms. The number of hydrogen-bond donors (Lipinski definition) is 2. The fraction of sp³-hybridized carbons (Fsp3) is 0.462. The van der Waals surface area contributed by atoms with Crippen molar-refractivity contribution in [3.8, 4) is 0 Å². The standard InChI is InChI=1S/C13H18FNO2/c1-3-12(15)10(7-13(16)17)9-5-4-8(2)11(14)6-9/h4-6,10,12H,3,7,15H2,1-2H3,(H,16,17). The number of hydrogen-bond acceptors (Lipinski definition) is 2. The highest BCUT2D eigenvalue weighted by Gasteiger charge is 2.22. The third kappa shape index (κ3) is 3.53. The summed E-state index contributed by atoms with van der Waals surface area (Å²) in [4.78, 5) is 10.8. The van der Waals surface area contributed by atoms with Crippen LogP contribution in [0.15, 0.2) is 18.2 Å². The first-order chi connectivity index (χ1) is 7.95. The number of carbonyl (C=O) groups is 1. The maximum absolute atomic E-state index is 13.5. The van der Waals surface area contributed by atoms with Gasteiger partial charge >= 0.3 is 5.97 Å².